The number of anilines is 1. The Kier molecular flexibility index (Phi) is 5.90. The van der Waals surface area contributed by atoms with Crippen LogP contribution in [0.1, 0.15) is 31.6 Å². The van der Waals surface area contributed by atoms with Crippen LogP contribution in [0.15, 0.2) is 41.1 Å². The van der Waals surface area contributed by atoms with Crippen molar-refractivity contribution in [2.75, 3.05) is 31.6 Å². The predicted octanol–water partition coefficient (Wildman–Crippen LogP) is 3.03. The number of hydrogen-bond acceptors (Lipinski definition) is 5. The van der Waals surface area contributed by atoms with Crippen molar-refractivity contribution in [3.05, 3.63) is 42.5 Å². The molecule has 1 atom stereocenters. The average molecular weight is 344 g/mol. The van der Waals surface area contributed by atoms with Crippen LogP contribution in [-0.2, 0) is 0 Å². The minimum atomic E-state index is -0.287. The zero-order valence-electron chi connectivity index (χ0n) is 14.4. The van der Waals surface area contributed by atoms with Gasteiger partial charge in [0.1, 0.15) is 11.4 Å². The molecule has 2 amide bonds. The van der Waals surface area contributed by atoms with Crippen LogP contribution in [0.3, 0.4) is 0 Å². The van der Waals surface area contributed by atoms with Gasteiger partial charge in [-0.25, -0.2) is 9.78 Å². The predicted molar refractivity (Wildman–Crippen MR) is 94.7 cm³/mol. The molecule has 1 fully saturated rings. The number of pyridine rings is 1. The first-order valence-corrected chi connectivity index (χ1v) is 8.68. The molecule has 134 valence electrons. The van der Waals surface area contributed by atoms with Crippen molar-refractivity contribution in [2.24, 2.45) is 0 Å². The fourth-order valence-corrected chi connectivity index (χ4v) is 3.04. The van der Waals surface area contributed by atoms with Gasteiger partial charge in [-0.05, 0) is 57.1 Å². The molecule has 7 heteroatoms. The lowest BCUT2D eigenvalue weighted by Gasteiger charge is -2.26. The summed E-state index contributed by atoms with van der Waals surface area (Å²) in [4.78, 5) is 18.8. The number of furan rings is 1. The van der Waals surface area contributed by atoms with Crippen LogP contribution in [0.5, 0.6) is 5.88 Å². The minimum Gasteiger partial charge on any atom is -0.476 e. The average Bonchev–Trinajstić information content (AvgIpc) is 3.31. The molecule has 0 aromatic carbocycles. The highest BCUT2D eigenvalue weighted by atomic mass is 16.5. The Bertz CT molecular complexity index is 669. The van der Waals surface area contributed by atoms with Gasteiger partial charge in [-0.3, -0.25) is 4.90 Å². The van der Waals surface area contributed by atoms with E-state index in [9.17, 15) is 4.79 Å². The second kappa shape index (κ2) is 8.53. The Labute approximate surface area is 147 Å². The number of hydrogen-bond donors (Lipinski definition) is 2. The van der Waals surface area contributed by atoms with Gasteiger partial charge in [-0.1, -0.05) is 0 Å². The molecule has 1 aliphatic heterocycles. The third-order valence-electron chi connectivity index (χ3n) is 4.21. The second-order valence-corrected chi connectivity index (χ2v) is 5.90. The summed E-state index contributed by atoms with van der Waals surface area (Å²) in [5, 5.41) is 5.73. The van der Waals surface area contributed by atoms with E-state index in [1.54, 1.807) is 24.6 Å². The molecule has 25 heavy (non-hydrogen) atoms. The third kappa shape index (κ3) is 4.51. The first kappa shape index (κ1) is 17.3. The monoisotopic (exact) mass is 344 g/mol. The molecule has 2 aromatic rings. The summed E-state index contributed by atoms with van der Waals surface area (Å²) in [6.45, 7) is 4.88. The summed E-state index contributed by atoms with van der Waals surface area (Å²) in [6.07, 6.45) is 5.66. The molecule has 0 bridgehead atoms. The number of urea groups is 1. The summed E-state index contributed by atoms with van der Waals surface area (Å²) in [5.41, 5.74) is 0.553. The standard InChI is InChI=1S/C18H24N4O3/c1-2-24-17-14(7-5-9-19-17)21-18(23)20-13-15(16-8-6-12-25-16)22-10-3-4-11-22/h5-9,12,15H,2-4,10-11,13H2,1H3,(H2,20,21,23)/t15-/m1/s1. The van der Waals surface area contributed by atoms with Gasteiger partial charge in [0.15, 0.2) is 0 Å². The fourth-order valence-electron chi connectivity index (χ4n) is 3.04. The number of nitrogens with one attached hydrogen (secondary N) is 2. The van der Waals surface area contributed by atoms with Crippen molar-refractivity contribution >= 4 is 11.7 Å². The van der Waals surface area contributed by atoms with Crippen molar-refractivity contribution in [3.8, 4) is 5.88 Å². The number of ether oxygens (including phenoxy) is 1. The lowest BCUT2D eigenvalue weighted by molar-refractivity contribution is 0.206. The topological polar surface area (TPSA) is 79.6 Å². The van der Waals surface area contributed by atoms with E-state index >= 15 is 0 Å². The molecule has 0 unspecified atom stereocenters. The molecule has 3 heterocycles. The third-order valence-corrected chi connectivity index (χ3v) is 4.21. The van der Waals surface area contributed by atoms with Gasteiger partial charge in [0.25, 0.3) is 0 Å². The van der Waals surface area contributed by atoms with Gasteiger partial charge < -0.3 is 19.8 Å². The molecule has 2 aromatic heterocycles. The van der Waals surface area contributed by atoms with E-state index in [0.29, 0.717) is 24.7 Å². The Balaban J connectivity index is 1.60. The van der Waals surface area contributed by atoms with Gasteiger partial charge in [0.2, 0.25) is 5.88 Å². The molecule has 2 N–H and O–H groups in total. The van der Waals surface area contributed by atoms with Crippen molar-refractivity contribution in [3.63, 3.8) is 0 Å². The van der Waals surface area contributed by atoms with E-state index in [1.165, 1.54) is 12.8 Å². The highest BCUT2D eigenvalue weighted by Gasteiger charge is 2.26. The zero-order valence-corrected chi connectivity index (χ0v) is 14.4. The smallest absolute Gasteiger partial charge is 0.319 e. The van der Waals surface area contributed by atoms with Gasteiger partial charge >= 0.3 is 6.03 Å². The van der Waals surface area contributed by atoms with E-state index in [-0.39, 0.29) is 12.1 Å². The number of aromatic nitrogens is 1. The molecule has 0 spiro atoms. The van der Waals surface area contributed by atoms with Gasteiger partial charge in [-0.15, -0.1) is 0 Å². The molecule has 3 rings (SSSR count). The molecule has 0 saturated carbocycles. The van der Waals surface area contributed by atoms with Crippen molar-refractivity contribution in [1.82, 2.24) is 15.2 Å². The Morgan fingerprint density at radius 3 is 2.92 bits per heavy atom. The number of likely N-dealkylation sites (tertiary alicyclic amines) is 1. The van der Waals surface area contributed by atoms with E-state index in [0.717, 1.165) is 18.8 Å². The Morgan fingerprint density at radius 1 is 1.36 bits per heavy atom. The van der Waals surface area contributed by atoms with Crippen LogP contribution in [0.2, 0.25) is 0 Å². The van der Waals surface area contributed by atoms with Crippen LogP contribution in [0.4, 0.5) is 10.5 Å². The second-order valence-electron chi connectivity index (χ2n) is 5.90. The molecule has 1 saturated heterocycles. The van der Waals surface area contributed by atoms with Gasteiger partial charge in [-0.2, -0.15) is 0 Å². The number of carbonyl (C=O) groups is 1. The zero-order chi connectivity index (χ0) is 17.5. The van der Waals surface area contributed by atoms with Crippen molar-refractivity contribution in [2.45, 2.75) is 25.8 Å². The van der Waals surface area contributed by atoms with E-state index in [4.69, 9.17) is 9.15 Å². The maximum atomic E-state index is 12.3. The number of rotatable bonds is 7. The molecule has 1 aliphatic rings. The largest absolute Gasteiger partial charge is 0.476 e. The van der Waals surface area contributed by atoms with Crippen LogP contribution >= 0.6 is 0 Å². The lowest BCUT2D eigenvalue weighted by Crippen LogP contribution is -2.38. The van der Waals surface area contributed by atoms with Gasteiger partial charge in [0, 0.05) is 12.7 Å². The molecular weight excluding hydrogens is 320 g/mol. The summed E-state index contributed by atoms with van der Waals surface area (Å²) in [7, 11) is 0. The highest BCUT2D eigenvalue weighted by molar-refractivity contribution is 5.90. The van der Waals surface area contributed by atoms with Crippen molar-refractivity contribution in [1.29, 1.82) is 0 Å². The molecule has 0 radical (unpaired) electrons. The fraction of sp³-hybridized carbons (Fsp3) is 0.444. The van der Waals surface area contributed by atoms with E-state index in [1.807, 2.05) is 19.1 Å². The van der Waals surface area contributed by atoms with Crippen LogP contribution in [0, 0.1) is 0 Å². The maximum absolute atomic E-state index is 12.3. The molecule has 7 nitrogen and oxygen atoms in total. The van der Waals surface area contributed by atoms with Crippen LogP contribution < -0.4 is 15.4 Å². The maximum Gasteiger partial charge on any atom is 0.319 e. The Morgan fingerprint density at radius 2 is 2.20 bits per heavy atom. The number of nitrogens with zero attached hydrogens (tertiary/aromatic N) is 2. The molecule has 0 aliphatic carbocycles. The first-order valence-electron chi connectivity index (χ1n) is 8.68. The van der Waals surface area contributed by atoms with Crippen LogP contribution in [0.25, 0.3) is 0 Å². The summed E-state index contributed by atoms with van der Waals surface area (Å²) in [5.74, 6) is 1.29. The normalized spacial score (nSPS) is 15.7. The van der Waals surface area contributed by atoms with Gasteiger partial charge in [0.05, 0.1) is 18.9 Å². The summed E-state index contributed by atoms with van der Waals surface area (Å²) in [6, 6.07) is 7.11. The van der Waals surface area contributed by atoms with Crippen molar-refractivity contribution < 1.29 is 13.9 Å². The SMILES string of the molecule is CCOc1ncccc1NC(=O)NC[C@H](c1ccco1)N1CCCC1. The summed E-state index contributed by atoms with van der Waals surface area (Å²) >= 11 is 0. The van der Waals surface area contributed by atoms with Crippen LogP contribution in [-0.4, -0.2) is 42.2 Å². The highest BCUT2D eigenvalue weighted by Crippen LogP contribution is 2.25. The molecular formula is C18H24N4O3. The first-order chi connectivity index (χ1) is 12.3. The Hall–Kier alpha value is -2.54. The van der Waals surface area contributed by atoms with E-state index < -0.39 is 0 Å². The quantitative estimate of drug-likeness (QED) is 0.807. The van der Waals surface area contributed by atoms with E-state index in [2.05, 4.69) is 20.5 Å². The summed E-state index contributed by atoms with van der Waals surface area (Å²) < 4.78 is 11.0. The number of amides is 2. The lowest BCUT2D eigenvalue weighted by atomic mass is 10.2. The minimum absolute atomic E-state index is 0.0449. The number of carbonyl (C=O) groups excluding carboxylic acids is 1.